The molecule has 2 heterocycles. The monoisotopic (exact) mass is 357 g/mol. The molecule has 0 saturated heterocycles. The number of amides is 1. The van der Waals surface area contributed by atoms with E-state index in [2.05, 4.69) is 21.4 Å². The second-order valence-electron chi connectivity index (χ2n) is 5.96. The van der Waals surface area contributed by atoms with Crippen molar-refractivity contribution in [2.75, 3.05) is 0 Å². The van der Waals surface area contributed by atoms with Gasteiger partial charge in [-0.25, -0.2) is 9.78 Å². The number of hydrogen-bond donors (Lipinski definition) is 3. The first-order valence-electron chi connectivity index (χ1n) is 8.00. The largest absolute Gasteiger partial charge is 0.477 e. The van der Waals surface area contributed by atoms with Crippen molar-refractivity contribution >= 4 is 34.1 Å². The summed E-state index contributed by atoms with van der Waals surface area (Å²) in [6.45, 7) is 3.48. The van der Waals surface area contributed by atoms with Gasteiger partial charge in [0.25, 0.3) is 0 Å². The second-order valence-corrected chi connectivity index (χ2v) is 6.99. The van der Waals surface area contributed by atoms with Crippen molar-refractivity contribution in [2.45, 2.75) is 32.7 Å². The molecule has 3 N–H and O–H groups in total. The van der Waals surface area contributed by atoms with Crippen LogP contribution in [0.25, 0.3) is 10.9 Å². The first-order chi connectivity index (χ1) is 11.9. The summed E-state index contributed by atoms with van der Waals surface area (Å²) >= 11 is 1.11. The minimum absolute atomic E-state index is 0.0774. The maximum absolute atomic E-state index is 12.2. The number of thiazole rings is 1. The van der Waals surface area contributed by atoms with Gasteiger partial charge in [0.2, 0.25) is 5.91 Å². The number of carboxylic acids is 1. The van der Waals surface area contributed by atoms with Crippen LogP contribution in [0.2, 0.25) is 0 Å². The molecule has 130 valence electrons. The molecule has 0 bridgehead atoms. The lowest BCUT2D eigenvalue weighted by molar-refractivity contribution is -0.121. The molecule has 1 unspecified atom stereocenters. The fourth-order valence-corrected chi connectivity index (χ4v) is 3.60. The average molecular weight is 357 g/mol. The van der Waals surface area contributed by atoms with E-state index in [1.807, 2.05) is 31.3 Å². The molecule has 0 saturated carbocycles. The maximum atomic E-state index is 12.2. The van der Waals surface area contributed by atoms with Crippen LogP contribution in [-0.2, 0) is 11.2 Å². The number of carbonyl (C=O) groups excluding carboxylic acids is 1. The van der Waals surface area contributed by atoms with Crippen LogP contribution >= 0.6 is 11.3 Å². The third-order valence-electron chi connectivity index (χ3n) is 4.01. The summed E-state index contributed by atoms with van der Waals surface area (Å²) in [6.07, 6.45) is 2.91. The first-order valence-corrected chi connectivity index (χ1v) is 8.81. The number of hydrogen-bond acceptors (Lipinski definition) is 4. The molecule has 0 aliphatic heterocycles. The van der Waals surface area contributed by atoms with Crippen molar-refractivity contribution in [2.24, 2.45) is 0 Å². The Morgan fingerprint density at radius 2 is 2.16 bits per heavy atom. The SMILES string of the molecule is Cc1nc(C(C)NC(=O)CCc2ccc3[nH]ccc3c2)sc1C(=O)O. The van der Waals surface area contributed by atoms with Crippen LogP contribution in [0.1, 0.15) is 45.3 Å². The molecule has 1 aromatic carbocycles. The van der Waals surface area contributed by atoms with Crippen molar-refractivity contribution in [3.63, 3.8) is 0 Å². The number of aromatic nitrogens is 2. The second kappa shape index (κ2) is 7.06. The number of carbonyl (C=O) groups is 2. The summed E-state index contributed by atoms with van der Waals surface area (Å²) < 4.78 is 0. The van der Waals surface area contributed by atoms with Crippen molar-refractivity contribution in [3.8, 4) is 0 Å². The lowest BCUT2D eigenvalue weighted by atomic mass is 10.1. The van der Waals surface area contributed by atoms with Gasteiger partial charge in [0.1, 0.15) is 9.88 Å². The normalized spacial score (nSPS) is 12.2. The number of rotatable bonds is 6. The molecule has 25 heavy (non-hydrogen) atoms. The Bertz CT molecular complexity index is 929. The topological polar surface area (TPSA) is 95.1 Å². The van der Waals surface area contributed by atoms with Crippen LogP contribution in [0, 0.1) is 6.92 Å². The predicted octanol–water partition coefficient (Wildman–Crippen LogP) is 3.44. The first kappa shape index (κ1) is 17.2. The van der Waals surface area contributed by atoms with E-state index in [4.69, 9.17) is 5.11 Å². The third-order valence-corrected chi connectivity index (χ3v) is 5.34. The molecule has 2 aromatic heterocycles. The third kappa shape index (κ3) is 3.88. The lowest BCUT2D eigenvalue weighted by Gasteiger charge is -2.11. The highest BCUT2D eigenvalue weighted by Crippen LogP contribution is 2.23. The summed E-state index contributed by atoms with van der Waals surface area (Å²) in [5.41, 5.74) is 2.66. The standard InChI is InChI=1S/C18H19N3O3S/c1-10-16(18(23)24)25-17(21-10)11(2)20-15(22)6-4-12-3-5-14-13(9-12)7-8-19-14/h3,5,7-9,11,19H,4,6H2,1-2H3,(H,20,22)(H,23,24). The quantitative estimate of drug-likeness (QED) is 0.630. The molecule has 1 amide bonds. The van der Waals surface area contributed by atoms with Gasteiger partial charge in [-0.05, 0) is 49.4 Å². The van der Waals surface area contributed by atoms with Crippen LogP contribution in [0.15, 0.2) is 30.5 Å². The van der Waals surface area contributed by atoms with Crippen molar-refractivity contribution in [3.05, 3.63) is 51.6 Å². The van der Waals surface area contributed by atoms with Gasteiger partial charge >= 0.3 is 5.97 Å². The van der Waals surface area contributed by atoms with Gasteiger partial charge in [0.15, 0.2) is 0 Å². The Kier molecular flexibility index (Phi) is 4.85. The van der Waals surface area contributed by atoms with E-state index in [0.717, 1.165) is 27.8 Å². The van der Waals surface area contributed by atoms with E-state index in [-0.39, 0.29) is 16.8 Å². The molecule has 7 heteroatoms. The molecule has 0 aliphatic rings. The van der Waals surface area contributed by atoms with Crippen LogP contribution in [0.5, 0.6) is 0 Å². The molecule has 0 aliphatic carbocycles. The molecule has 1 atom stereocenters. The number of H-pyrrole nitrogens is 1. The van der Waals surface area contributed by atoms with Crippen LogP contribution in [0.4, 0.5) is 0 Å². The van der Waals surface area contributed by atoms with Gasteiger partial charge in [-0.3, -0.25) is 4.79 Å². The van der Waals surface area contributed by atoms with Crippen LogP contribution < -0.4 is 5.32 Å². The van der Waals surface area contributed by atoms with Gasteiger partial charge in [-0.2, -0.15) is 0 Å². The van der Waals surface area contributed by atoms with Crippen LogP contribution in [-0.4, -0.2) is 27.0 Å². The van der Waals surface area contributed by atoms with E-state index >= 15 is 0 Å². The Morgan fingerprint density at radius 1 is 1.36 bits per heavy atom. The van der Waals surface area contributed by atoms with E-state index < -0.39 is 5.97 Å². The van der Waals surface area contributed by atoms with Gasteiger partial charge in [-0.15, -0.1) is 11.3 Å². The molecule has 3 rings (SSSR count). The Morgan fingerprint density at radius 3 is 2.88 bits per heavy atom. The number of aromatic carboxylic acids is 1. The fraction of sp³-hybridized carbons (Fsp3) is 0.278. The molecular weight excluding hydrogens is 338 g/mol. The minimum Gasteiger partial charge on any atom is -0.477 e. The summed E-state index contributed by atoms with van der Waals surface area (Å²) in [5, 5.41) is 13.7. The Labute approximate surface area is 148 Å². The van der Waals surface area contributed by atoms with Crippen molar-refractivity contribution < 1.29 is 14.7 Å². The van der Waals surface area contributed by atoms with E-state index in [9.17, 15) is 9.59 Å². The number of nitrogens with zero attached hydrogens (tertiary/aromatic N) is 1. The Balaban J connectivity index is 1.58. The lowest BCUT2D eigenvalue weighted by Crippen LogP contribution is -2.26. The number of carboxylic acid groups (broad SMARTS) is 1. The van der Waals surface area contributed by atoms with E-state index in [1.165, 1.54) is 0 Å². The molecule has 0 fully saturated rings. The number of aryl methyl sites for hydroxylation is 2. The van der Waals surface area contributed by atoms with Gasteiger partial charge < -0.3 is 15.4 Å². The maximum Gasteiger partial charge on any atom is 0.347 e. The molecule has 6 nitrogen and oxygen atoms in total. The number of fused-ring (bicyclic) bond motifs is 1. The van der Waals surface area contributed by atoms with Crippen LogP contribution in [0.3, 0.4) is 0 Å². The summed E-state index contributed by atoms with van der Waals surface area (Å²) in [7, 11) is 0. The van der Waals surface area contributed by atoms with Crippen molar-refractivity contribution in [1.82, 2.24) is 15.3 Å². The molecule has 0 radical (unpaired) electrons. The number of nitrogens with one attached hydrogen (secondary N) is 2. The minimum atomic E-state index is -0.986. The molecule has 0 spiro atoms. The van der Waals surface area contributed by atoms with Gasteiger partial charge in [0, 0.05) is 18.1 Å². The highest BCUT2D eigenvalue weighted by Gasteiger charge is 2.19. The summed E-state index contributed by atoms with van der Waals surface area (Å²) in [6, 6.07) is 7.80. The van der Waals surface area contributed by atoms with Crippen molar-refractivity contribution in [1.29, 1.82) is 0 Å². The summed E-state index contributed by atoms with van der Waals surface area (Å²) in [5.74, 6) is -1.06. The Hall–Kier alpha value is -2.67. The zero-order valence-electron chi connectivity index (χ0n) is 14.0. The smallest absolute Gasteiger partial charge is 0.347 e. The van der Waals surface area contributed by atoms with E-state index in [0.29, 0.717) is 23.5 Å². The fourth-order valence-electron chi connectivity index (χ4n) is 2.69. The summed E-state index contributed by atoms with van der Waals surface area (Å²) in [4.78, 5) is 30.9. The predicted molar refractivity (Wildman–Crippen MR) is 97.0 cm³/mol. The van der Waals surface area contributed by atoms with Gasteiger partial charge in [0.05, 0.1) is 11.7 Å². The molecular formula is C18H19N3O3S. The number of benzene rings is 1. The zero-order valence-corrected chi connectivity index (χ0v) is 14.8. The number of aromatic amines is 1. The highest BCUT2D eigenvalue weighted by atomic mass is 32.1. The average Bonchev–Trinajstić information content (AvgIpc) is 3.18. The highest BCUT2D eigenvalue weighted by molar-refractivity contribution is 7.13. The zero-order chi connectivity index (χ0) is 18.0. The van der Waals surface area contributed by atoms with E-state index in [1.54, 1.807) is 6.92 Å². The van der Waals surface area contributed by atoms with Gasteiger partial charge in [-0.1, -0.05) is 6.07 Å². The molecule has 3 aromatic rings.